The van der Waals surface area contributed by atoms with Gasteiger partial charge in [-0.1, -0.05) is 6.07 Å². The smallest absolute Gasteiger partial charge is 0.255 e. The first-order valence-electron chi connectivity index (χ1n) is 6.32. The van der Waals surface area contributed by atoms with Gasteiger partial charge in [-0.15, -0.1) is 0 Å². The van der Waals surface area contributed by atoms with Crippen LogP contribution < -0.4 is 21.1 Å². The van der Waals surface area contributed by atoms with Gasteiger partial charge in [-0.25, -0.2) is 0 Å². The molecule has 0 radical (unpaired) electrons. The number of benzene rings is 1. The fraction of sp³-hybridized carbons (Fsp3) is 0.385. The number of fused-ring (bicyclic) bond motifs is 1. The predicted molar refractivity (Wildman–Crippen MR) is 72.8 cm³/mol. The molecule has 0 bridgehead atoms. The van der Waals surface area contributed by atoms with Crippen LogP contribution in [0.15, 0.2) is 18.2 Å². The Kier molecular flexibility index (Phi) is 4.78. The van der Waals surface area contributed by atoms with Gasteiger partial charge in [0.05, 0.1) is 17.9 Å². The van der Waals surface area contributed by atoms with Crippen LogP contribution in [0.5, 0.6) is 5.75 Å². The molecule has 0 saturated carbocycles. The van der Waals surface area contributed by atoms with Crippen LogP contribution in [0.1, 0.15) is 10.4 Å². The monoisotopic (exact) mass is 279 g/mol. The molecule has 0 spiro atoms. The average Bonchev–Trinajstić information content (AvgIpc) is 2.45. The quantitative estimate of drug-likeness (QED) is 0.622. The number of hydrogen-bond donors (Lipinski definition) is 3. The number of anilines is 1. The molecule has 0 saturated heterocycles. The molecule has 1 aliphatic heterocycles. The molecule has 108 valence electrons. The summed E-state index contributed by atoms with van der Waals surface area (Å²) in [5.41, 5.74) is 6.22. The van der Waals surface area contributed by atoms with Crippen LogP contribution in [0.25, 0.3) is 0 Å². The van der Waals surface area contributed by atoms with Crippen molar-refractivity contribution in [2.45, 2.75) is 0 Å². The zero-order chi connectivity index (χ0) is 14.4. The second-order valence-electron chi connectivity index (χ2n) is 4.23. The number of carbonyl (C=O) groups excluding carboxylic acids is 2. The molecule has 20 heavy (non-hydrogen) atoms. The molecule has 0 aromatic heterocycles. The molecule has 0 fully saturated rings. The molecule has 1 aliphatic rings. The lowest BCUT2D eigenvalue weighted by molar-refractivity contribution is -0.122. The number of hydrogen-bond acceptors (Lipinski definition) is 5. The third-order valence-electron chi connectivity index (χ3n) is 2.70. The third kappa shape index (κ3) is 3.61. The standard InChI is InChI=1S/C13H17N3O4/c14-11(17)8-19-6-4-16-13(18)9-2-1-3-10-12(9)20-7-5-15-10/h1-3,15H,4-8H2,(H2,14,17)(H,16,18). The van der Waals surface area contributed by atoms with E-state index < -0.39 is 5.91 Å². The Bertz CT molecular complexity index is 504. The Balaban J connectivity index is 1.88. The lowest BCUT2D eigenvalue weighted by atomic mass is 10.1. The first kappa shape index (κ1) is 14.1. The normalized spacial score (nSPS) is 12.8. The van der Waals surface area contributed by atoms with Gasteiger partial charge in [0.2, 0.25) is 5.91 Å². The number of primary amides is 1. The van der Waals surface area contributed by atoms with Gasteiger partial charge in [0, 0.05) is 13.1 Å². The van der Waals surface area contributed by atoms with Crippen LogP contribution in [0, 0.1) is 0 Å². The van der Waals surface area contributed by atoms with E-state index in [2.05, 4.69) is 10.6 Å². The SMILES string of the molecule is NC(=O)COCCNC(=O)c1cccc2c1OCCN2. The molecule has 0 atom stereocenters. The Morgan fingerprint density at radius 2 is 2.30 bits per heavy atom. The lowest BCUT2D eigenvalue weighted by Gasteiger charge is -2.21. The van der Waals surface area contributed by atoms with Gasteiger partial charge in [0.25, 0.3) is 5.91 Å². The highest BCUT2D eigenvalue weighted by molar-refractivity contribution is 5.98. The Labute approximate surface area is 116 Å². The van der Waals surface area contributed by atoms with Crippen molar-refractivity contribution in [2.24, 2.45) is 5.73 Å². The minimum absolute atomic E-state index is 0.149. The lowest BCUT2D eigenvalue weighted by Crippen LogP contribution is -2.30. The second-order valence-corrected chi connectivity index (χ2v) is 4.23. The van der Waals surface area contributed by atoms with Crippen LogP contribution in [0.4, 0.5) is 5.69 Å². The van der Waals surface area contributed by atoms with Crippen molar-refractivity contribution < 1.29 is 19.1 Å². The van der Waals surface area contributed by atoms with E-state index in [1.54, 1.807) is 12.1 Å². The molecule has 1 aromatic carbocycles. The van der Waals surface area contributed by atoms with Crippen molar-refractivity contribution in [1.82, 2.24) is 5.32 Å². The highest BCUT2D eigenvalue weighted by Gasteiger charge is 2.18. The summed E-state index contributed by atoms with van der Waals surface area (Å²) in [7, 11) is 0. The van der Waals surface area contributed by atoms with Crippen LogP contribution in [-0.2, 0) is 9.53 Å². The Morgan fingerprint density at radius 3 is 3.10 bits per heavy atom. The van der Waals surface area contributed by atoms with Crippen LogP contribution in [0.2, 0.25) is 0 Å². The summed E-state index contributed by atoms with van der Waals surface area (Å²) < 4.78 is 10.5. The van der Waals surface area contributed by atoms with E-state index in [4.69, 9.17) is 15.2 Å². The van der Waals surface area contributed by atoms with E-state index in [1.807, 2.05) is 6.07 Å². The van der Waals surface area contributed by atoms with E-state index in [9.17, 15) is 9.59 Å². The summed E-state index contributed by atoms with van der Waals surface area (Å²) >= 11 is 0. The first-order valence-corrected chi connectivity index (χ1v) is 6.32. The molecule has 0 aliphatic carbocycles. The van der Waals surface area contributed by atoms with E-state index in [-0.39, 0.29) is 19.1 Å². The van der Waals surface area contributed by atoms with Crippen molar-refractivity contribution in [3.05, 3.63) is 23.8 Å². The minimum Gasteiger partial charge on any atom is -0.489 e. The average molecular weight is 279 g/mol. The molecule has 7 heteroatoms. The van der Waals surface area contributed by atoms with Crippen molar-refractivity contribution in [2.75, 3.05) is 38.2 Å². The first-order chi connectivity index (χ1) is 9.68. The van der Waals surface area contributed by atoms with Gasteiger partial charge in [-0.2, -0.15) is 0 Å². The maximum absolute atomic E-state index is 12.0. The number of nitrogens with two attached hydrogens (primary N) is 1. The molecule has 2 rings (SSSR count). The van der Waals surface area contributed by atoms with Gasteiger partial charge in [-0.3, -0.25) is 9.59 Å². The summed E-state index contributed by atoms with van der Waals surface area (Å²) in [5.74, 6) is -0.213. The predicted octanol–water partition coefficient (Wildman–Crippen LogP) is -0.277. The number of nitrogens with one attached hydrogen (secondary N) is 2. The minimum atomic E-state index is -0.534. The van der Waals surface area contributed by atoms with Gasteiger partial charge in [-0.05, 0) is 12.1 Å². The highest BCUT2D eigenvalue weighted by Crippen LogP contribution is 2.30. The maximum atomic E-state index is 12.0. The topological polar surface area (TPSA) is 103 Å². The summed E-state index contributed by atoms with van der Waals surface area (Å²) in [4.78, 5) is 22.5. The maximum Gasteiger partial charge on any atom is 0.255 e. The Hall–Kier alpha value is -2.28. The molecule has 0 unspecified atom stereocenters. The van der Waals surface area contributed by atoms with Crippen LogP contribution in [0.3, 0.4) is 0 Å². The molecular weight excluding hydrogens is 262 g/mol. The fourth-order valence-electron chi connectivity index (χ4n) is 1.85. The van der Waals surface area contributed by atoms with Crippen LogP contribution >= 0.6 is 0 Å². The van der Waals surface area contributed by atoms with Crippen molar-refractivity contribution in [3.63, 3.8) is 0 Å². The zero-order valence-corrected chi connectivity index (χ0v) is 11.0. The third-order valence-corrected chi connectivity index (χ3v) is 2.70. The van der Waals surface area contributed by atoms with Gasteiger partial charge >= 0.3 is 0 Å². The molecule has 1 aromatic rings. The van der Waals surface area contributed by atoms with E-state index in [0.717, 1.165) is 12.2 Å². The van der Waals surface area contributed by atoms with E-state index in [0.29, 0.717) is 24.5 Å². The van der Waals surface area contributed by atoms with Crippen molar-refractivity contribution >= 4 is 17.5 Å². The number of rotatable bonds is 6. The summed E-state index contributed by atoms with van der Waals surface area (Å²) in [5, 5.41) is 5.86. The largest absolute Gasteiger partial charge is 0.489 e. The zero-order valence-electron chi connectivity index (χ0n) is 11.0. The van der Waals surface area contributed by atoms with Crippen molar-refractivity contribution in [3.8, 4) is 5.75 Å². The molecule has 4 N–H and O–H groups in total. The fourth-order valence-corrected chi connectivity index (χ4v) is 1.85. The summed E-state index contributed by atoms with van der Waals surface area (Å²) in [6, 6.07) is 5.35. The van der Waals surface area contributed by atoms with Gasteiger partial charge in [0.1, 0.15) is 13.2 Å². The number of para-hydroxylation sites is 1. The van der Waals surface area contributed by atoms with Crippen LogP contribution in [-0.4, -0.2) is 44.7 Å². The molecule has 1 heterocycles. The number of ether oxygens (including phenoxy) is 2. The van der Waals surface area contributed by atoms with Gasteiger partial charge in [0.15, 0.2) is 5.75 Å². The van der Waals surface area contributed by atoms with E-state index in [1.165, 1.54) is 0 Å². The second kappa shape index (κ2) is 6.76. The molecular formula is C13H17N3O4. The highest BCUT2D eigenvalue weighted by atomic mass is 16.5. The van der Waals surface area contributed by atoms with Gasteiger partial charge < -0.3 is 25.8 Å². The van der Waals surface area contributed by atoms with Crippen molar-refractivity contribution in [1.29, 1.82) is 0 Å². The number of carbonyl (C=O) groups is 2. The molecule has 7 nitrogen and oxygen atoms in total. The molecule has 2 amide bonds. The van der Waals surface area contributed by atoms with E-state index >= 15 is 0 Å². The Morgan fingerprint density at radius 1 is 1.45 bits per heavy atom. The number of amides is 2. The summed E-state index contributed by atoms with van der Waals surface area (Å²) in [6.07, 6.45) is 0. The summed E-state index contributed by atoms with van der Waals surface area (Å²) in [6.45, 7) is 1.62.